The molecular formula is C18H24BrN3S. The first-order valence-corrected chi connectivity index (χ1v) is 9.92. The molecule has 0 saturated heterocycles. The summed E-state index contributed by atoms with van der Waals surface area (Å²) in [7, 11) is 2.12. The van der Waals surface area contributed by atoms with E-state index >= 15 is 0 Å². The number of halogens is 1. The Hall–Kier alpha value is -0.940. The molecule has 3 rings (SSSR count). The Morgan fingerprint density at radius 3 is 2.61 bits per heavy atom. The molecular weight excluding hydrogens is 370 g/mol. The first kappa shape index (κ1) is 16.9. The molecule has 2 aliphatic rings. The van der Waals surface area contributed by atoms with Crippen LogP contribution in [0.1, 0.15) is 44.4 Å². The molecule has 1 aromatic rings. The van der Waals surface area contributed by atoms with Crippen molar-refractivity contribution in [2.45, 2.75) is 51.0 Å². The lowest BCUT2D eigenvalue weighted by Gasteiger charge is -2.41. The fourth-order valence-corrected chi connectivity index (χ4v) is 4.42. The summed E-state index contributed by atoms with van der Waals surface area (Å²) < 4.78 is 1.16. The Kier molecular flexibility index (Phi) is 5.07. The summed E-state index contributed by atoms with van der Waals surface area (Å²) in [6, 6.07) is 4.72. The average Bonchev–Trinajstić information content (AvgIpc) is 2.84. The molecule has 0 spiro atoms. The summed E-state index contributed by atoms with van der Waals surface area (Å²) in [5.74, 6) is 1.69. The number of thiophene rings is 1. The van der Waals surface area contributed by atoms with Crippen LogP contribution in [-0.2, 0) is 5.41 Å². The van der Waals surface area contributed by atoms with Gasteiger partial charge in [0.1, 0.15) is 5.84 Å². The maximum atomic E-state index is 4.70. The summed E-state index contributed by atoms with van der Waals surface area (Å²) in [5.41, 5.74) is -0.118. The highest BCUT2D eigenvalue weighted by Gasteiger charge is 2.43. The maximum absolute atomic E-state index is 4.70. The van der Waals surface area contributed by atoms with Crippen LogP contribution in [-0.4, -0.2) is 30.0 Å². The van der Waals surface area contributed by atoms with E-state index in [9.17, 15) is 0 Å². The Balaban J connectivity index is 1.94. The quantitative estimate of drug-likeness (QED) is 0.291. The van der Waals surface area contributed by atoms with Gasteiger partial charge in [-0.3, -0.25) is 0 Å². The molecule has 1 heterocycles. The number of allylic oxidation sites excluding steroid dienone is 1. The summed E-state index contributed by atoms with van der Waals surface area (Å²) in [6.07, 6.45) is 11.4. The van der Waals surface area contributed by atoms with Crippen LogP contribution in [0.2, 0.25) is 0 Å². The lowest BCUT2D eigenvalue weighted by Crippen LogP contribution is -2.48. The van der Waals surface area contributed by atoms with Gasteiger partial charge in [0.05, 0.1) is 9.20 Å². The number of hydrogen-bond acceptors (Lipinski definition) is 3. The molecule has 1 fully saturated rings. The van der Waals surface area contributed by atoms with E-state index < -0.39 is 0 Å². The first-order chi connectivity index (χ1) is 11.0. The van der Waals surface area contributed by atoms with Gasteiger partial charge in [-0.2, -0.15) is 5.10 Å². The minimum absolute atomic E-state index is 0.118. The van der Waals surface area contributed by atoms with Crippen molar-refractivity contribution in [3.8, 4) is 0 Å². The molecule has 0 radical (unpaired) electrons. The molecule has 23 heavy (non-hydrogen) atoms. The minimum Gasteiger partial charge on any atom is -0.358 e. The van der Waals surface area contributed by atoms with Gasteiger partial charge in [0.25, 0.3) is 0 Å². The molecule has 0 aromatic carbocycles. The Labute approximate surface area is 151 Å². The fraction of sp³-hybridized carbons (Fsp3) is 0.556. The summed E-state index contributed by atoms with van der Waals surface area (Å²) in [5, 5.41) is 9.16. The van der Waals surface area contributed by atoms with Gasteiger partial charge < -0.3 is 4.90 Å². The molecule has 0 aliphatic heterocycles. The number of likely N-dealkylation sites (N-methyl/N-ethyl adjacent to an activating group) is 1. The Morgan fingerprint density at radius 1 is 1.43 bits per heavy atom. The van der Waals surface area contributed by atoms with Gasteiger partial charge in [0.2, 0.25) is 0 Å². The van der Waals surface area contributed by atoms with Crippen LogP contribution >= 0.6 is 27.3 Å². The van der Waals surface area contributed by atoms with Gasteiger partial charge in [0.15, 0.2) is 0 Å². The molecule has 0 N–H and O–H groups in total. The second-order valence-electron chi connectivity index (χ2n) is 6.77. The van der Waals surface area contributed by atoms with Crippen molar-refractivity contribution in [3.63, 3.8) is 0 Å². The number of rotatable bonds is 5. The number of nitrogens with zero attached hydrogens (tertiary/aromatic N) is 3. The summed E-state index contributed by atoms with van der Waals surface area (Å²) in [6.45, 7) is 4.40. The van der Waals surface area contributed by atoms with Crippen molar-refractivity contribution < 1.29 is 0 Å². The van der Waals surface area contributed by atoms with Crippen LogP contribution in [0.25, 0.3) is 0 Å². The van der Waals surface area contributed by atoms with Crippen LogP contribution in [0, 0.1) is 5.92 Å². The molecule has 3 nitrogen and oxygen atoms in total. The van der Waals surface area contributed by atoms with Gasteiger partial charge in [-0.1, -0.05) is 18.6 Å². The normalized spacial score (nSPS) is 25.0. The monoisotopic (exact) mass is 393 g/mol. The second kappa shape index (κ2) is 6.89. The van der Waals surface area contributed by atoms with Crippen molar-refractivity contribution in [1.29, 1.82) is 0 Å². The molecule has 0 bridgehead atoms. The van der Waals surface area contributed by atoms with Gasteiger partial charge in [-0.25, -0.2) is 0 Å². The van der Waals surface area contributed by atoms with E-state index in [0.717, 1.165) is 16.0 Å². The topological polar surface area (TPSA) is 28.0 Å². The molecule has 1 aromatic heterocycles. The van der Waals surface area contributed by atoms with Crippen LogP contribution < -0.4 is 0 Å². The van der Waals surface area contributed by atoms with Gasteiger partial charge in [-0.15, -0.1) is 16.4 Å². The van der Waals surface area contributed by atoms with E-state index in [4.69, 9.17) is 5.10 Å². The van der Waals surface area contributed by atoms with Crippen molar-refractivity contribution in [2.24, 2.45) is 16.1 Å². The second-order valence-corrected chi connectivity index (χ2v) is 9.23. The van der Waals surface area contributed by atoms with E-state index in [1.165, 1.54) is 24.1 Å². The van der Waals surface area contributed by atoms with Crippen molar-refractivity contribution in [1.82, 2.24) is 4.90 Å². The number of hydrogen-bond donors (Lipinski definition) is 0. The zero-order valence-electron chi connectivity index (χ0n) is 14.0. The van der Waals surface area contributed by atoms with Crippen LogP contribution in [0.4, 0.5) is 0 Å². The summed E-state index contributed by atoms with van der Waals surface area (Å²) in [4.78, 5) is 3.59. The first-order valence-electron chi connectivity index (χ1n) is 8.31. The average molecular weight is 394 g/mol. The van der Waals surface area contributed by atoms with Crippen molar-refractivity contribution >= 4 is 39.3 Å². The third-order valence-electron chi connectivity index (χ3n) is 4.94. The third-order valence-corrected chi connectivity index (χ3v) is 6.74. The number of amidine groups is 1. The molecule has 124 valence electrons. The Morgan fingerprint density at radius 2 is 2.17 bits per heavy atom. The highest BCUT2D eigenvalue weighted by Crippen LogP contribution is 2.44. The minimum atomic E-state index is -0.118. The zero-order chi connectivity index (χ0) is 16.4. The standard InChI is InChI=1S/C18H24BrN3S/c1-13(2)22(3)17(21-20-12-14-6-4-7-14)18(10-5-11-18)15-8-9-16(19)23-15/h5,8-10,12-14H,4,6-7,11H2,1-3H3/b20-12+,21-17-. The Bertz CT molecular complexity index is 642. The van der Waals surface area contributed by atoms with Gasteiger partial charge in [-0.05, 0) is 67.1 Å². The molecule has 2 aliphatic carbocycles. The molecule has 5 heteroatoms. The van der Waals surface area contributed by atoms with Crippen LogP contribution in [0.5, 0.6) is 0 Å². The smallest absolute Gasteiger partial charge is 0.143 e. The molecule has 1 saturated carbocycles. The summed E-state index contributed by atoms with van der Waals surface area (Å²) >= 11 is 5.38. The highest BCUT2D eigenvalue weighted by molar-refractivity contribution is 9.11. The van der Waals surface area contributed by atoms with E-state index in [2.05, 4.69) is 71.1 Å². The van der Waals surface area contributed by atoms with E-state index in [0.29, 0.717) is 12.0 Å². The van der Waals surface area contributed by atoms with E-state index in [1.54, 1.807) is 11.3 Å². The van der Waals surface area contributed by atoms with Crippen LogP contribution in [0.15, 0.2) is 38.3 Å². The molecule has 1 unspecified atom stereocenters. The van der Waals surface area contributed by atoms with Crippen molar-refractivity contribution in [3.05, 3.63) is 32.9 Å². The largest absolute Gasteiger partial charge is 0.358 e. The van der Waals surface area contributed by atoms with Gasteiger partial charge >= 0.3 is 0 Å². The van der Waals surface area contributed by atoms with Crippen LogP contribution in [0.3, 0.4) is 0 Å². The highest BCUT2D eigenvalue weighted by atomic mass is 79.9. The predicted molar refractivity (Wildman–Crippen MR) is 104 cm³/mol. The van der Waals surface area contributed by atoms with E-state index in [1.807, 2.05) is 6.21 Å². The lowest BCUT2D eigenvalue weighted by molar-refractivity contribution is 0.384. The zero-order valence-corrected chi connectivity index (χ0v) is 16.4. The van der Waals surface area contributed by atoms with Gasteiger partial charge in [0, 0.05) is 24.2 Å². The van der Waals surface area contributed by atoms with Crippen molar-refractivity contribution in [2.75, 3.05) is 7.05 Å². The third kappa shape index (κ3) is 3.31. The predicted octanol–water partition coefficient (Wildman–Crippen LogP) is 5.23. The molecule has 1 atom stereocenters. The molecule has 0 amide bonds. The fourth-order valence-electron chi connectivity index (χ4n) is 2.86. The SMILES string of the molecule is CC(C)N(C)/C(=N\N=C\C1CCC1)C1(c2ccc(Br)s2)C=CC1. The lowest BCUT2D eigenvalue weighted by atomic mass is 9.73. The van der Waals surface area contributed by atoms with E-state index in [-0.39, 0.29) is 5.41 Å². The maximum Gasteiger partial charge on any atom is 0.143 e.